The molecule has 0 amide bonds. The number of aromatic nitrogens is 2. The van der Waals surface area contributed by atoms with Crippen LogP contribution < -0.4 is 4.74 Å². The van der Waals surface area contributed by atoms with E-state index in [4.69, 9.17) is 9.84 Å². The molecule has 0 fully saturated rings. The Hall–Kier alpha value is -1.82. The molecule has 2 aromatic rings. The standard InChI is InChI=1S/C12H11BrN2O3/c13-9-7-14-15(8-9)5-6-18-11-4-2-1-3-10(11)12(16)17/h1-4,7-8H,5-6H2,(H,16,17). The van der Waals surface area contributed by atoms with Crippen molar-refractivity contribution in [1.82, 2.24) is 9.78 Å². The summed E-state index contributed by atoms with van der Waals surface area (Å²) in [4.78, 5) is 11.0. The van der Waals surface area contributed by atoms with E-state index < -0.39 is 5.97 Å². The highest BCUT2D eigenvalue weighted by Crippen LogP contribution is 2.17. The van der Waals surface area contributed by atoms with Crippen LogP contribution in [0, 0.1) is 0 Å². The molecular weight excluding hydrogens is 300 g/mol. The lowest BCUT2D eigenvalue weighted by Gasteiger charge is -2.08. The Kier molecular flexibility index (Phi) is 3.99. The molecular formula is C12H11BrN2O3. The number of benzene rings is 1. The number of halogens is 1. The number of hydrogen-bond acceptors (Lipinski definition) is 3. The summed E-state index contributed by atoms with van der Waals surface area (Å²) in [6.45, 7) is 0.915. The molecule has 18 heavy (non-hydrogen) atoms. The first-order chi connectivity index (χ1) is 8.66. The van der Waals surface area contributed by atoms with E-state index in [1.807, 2.05) is 6.20 Å². The van der Waals surface area contributed by atoms with Crippen LogP contribution in [0.5, 0.6) is 5.75 Å². The Morgan fingerprint density at radius 2 is 2.22 bits per heavy atom. The van der Waals surface area contributed by atoms with Crippen molar-refractivity contribution in [2.24, 2.45) is 0 Å². The summed E-state index contributed by atoms with van der Waals surface area (Å²) < 4.78 is 8.07. The highest BCUT2D eigenvalue weighted by atomic mass is 79.9. The van der Waals surface area contributed by atoms with Gasteiger partial charge in [0, 0.05) is 6.20 Å². The molecule has 0 aliphatic carbocycles. The van der Waals surface area contributed by atoms with Gasteiger partial charge in [0.05, 0.1) is 17.2 Å². The van der Waals surface area contributed by atoms with Crippen LogP contribution in [-0.2, 0) is 6.54 Å². The van der Waals surface area contributed by atoms with Crippen LogP contribution in [-0.4, -0.2) is 27.5 Å². The van der Waals surface area contributed by atoms with Gasteiger partial charge < -0.3 is 9.84 Å². The van der Waals surface area contributed by atoms with Crippen molar-refractivity contribution >= 4 is 21.9 Å². The van der Waals surface area contributed by atoms with Gasteiger partial charge in [-0.15, -0.1) is 0 Å². The predicted molar refractivity (Wildman–Crippen MR) is 68.8 cm³/mol. The number of carboxylic acid groups (broad SMARTS) is 1. The zero-order chi connectivity index (χ0) is 13.0. The quantitative estimate of drug-likeness (QED) is 0.921. The summed E-state index contributed by atoms with van der Waals surface area (Å²) in [5.74, 6) is -0.622. The van der Waals surface area contributed by atoms with Crippen LogP contribution in [0.15, 0.2) is 41.1 Å². The van der Waals surface area contributed by atoms with Crippen molar-refractivity contribution in [1.29, 1.82) is 0 Å². The molecule has 0 radical (unpaired) electrons. The van der Waals surface area contributed by atoms with Crippen LogP contribution in [0.4, 0.5) is 0 Å². The number of para-hydroxylation sites is 1. The fourth-order valence-electron chi connectivity index (χ4n) is 1.48. The summed E-state index contributed by atoms with van der Waals surface area (Å²) >= 11 is 3.30. The van der Waals surface area contributed by atoms with Crippen molar-refractivity contribution in [3.05, 3.63) is 46.7 Å². The van der Waals surface area contributed by atoms with Crippen LogP contribution in [0.3, 0.4) is 0 Å². The van der Waals surface area contributed by atoms with E-state index in [0.29, 0.717) is 18.9 Å². The van der Waals surface area contributed by atoms with E-state index in [0.717, 1.165) is 4.47 Å². The van der Waals surface area contributed by atoms with Gasteiger partial charge in [0.1, 0.15) is 17.9 Å². The molecule has 5 nitrogen and oxygen atoms in total. The first-order valence-corrected chi connectivity index (χ1v) is 6.09. The van der Waals surface area contributed by atoms with Gasteiger partial charge in [-0.05, 0) is 28.1 Å². The molecule has 0 aliphatic heterocycles. The van der Waals surface area contributed by atoms with E-state index in [9.17, 15) is 4.79 Å². The van der Waals surface area contributed by atoms with Crippen molar-refractivity contribution in [2.45, 2.75) is 6.54 Å². The highest BCUT2D eigenvalue weighted by molar-refractivity contribution is 9.10. The minimum atomic E-state index is -0.993. The third-order valence-electron chi connectivity index (χ3n) is 2.30. The molecule has 0 saturated heterocycles. The van der Waals surface area contributed by atoms with Crippen LogP contribution >= 0.6 is 15.9 Å². The molecule has 94 valence electrons. The molecule has 1 heterocycles. The number of carbonyl (C=O) groups is 1. The first-order valence-electron chi connectivity index (χ1n) is 5.30. The molecule has 0 spiro atoms. The van der Waals surface area contributed by atoms with Gasteiger partial charge in [0.25, 0.3) is 0 Å². The molecule has 1 aromatic carbocycles. The van der Waals surface area contributed by atoms with Crippen molar-refractivity contribution in [3.8, 4) is 5.75 Å². The summed E-state index contributed by atoms with van der Waals surface area (Å²) in [5.41, 5.74) is 0.166. The molecule has 1 N–H and O–H groups in total. The molecule has 0 unspecified atom stereocenters. The Bertz CT molecular complexity index is 554. The molecule has 2 rings (SSSR count). The first kappa shape index (κ1) is 12.6. The minimum absolute atomic E-state index is 0.166. The summed E-state index contributed by atoms with van der Waals surface area (Å²) in [5, 5.41) is 13.1. The maximum atomic E-state index is 11.0. The van der Waals surface area contributed by atoms with E-state index in [1.54, 1.807) is 29.1 Å². The largest absolute Gasteiger partial charge is 0.491 e. The zero-order valence-corrected chi connectivity index (χ0v) is 11.0. The van der Waals surface area contributed by atoms with Gasteiger partial charge >= 0.3 is 5.97 Å². The summed E-state index contributed by atoms with van der Waals surface area (Å²) in [6, 6.07) is 6.57. The average molecular weight is 311 g/mol. The lowest BCUT2D eigenvalue weighted by Crippen LogP contribution is -2.10. The molecule has 0 saturated carbocycles. The van der Waals surface area contributed by atoms with Crippen molar-refractivity contribution in [2.75, 3.05) is 6.61 Å². The molecule has 0 bridgehead atoms. The fourth-order valence-corrected chi connectivity index (χ4v) is 1.81. The zero-order valence-electron chi connectivity index (χ0n) is 9.41. The van der Waals surface area contributed by atoms with Gasteiger partial charge in [-0.1, -0.05) is 12.1 Å². The molecule has 0 atom stereocenters. The van der Waals surface area contributed by atoms with E-state index in [-0.39, 0.29) is 5.56 Å². The number of carboxylic acids is 1. The molecule has 0 aliphatic rings. The maximum absolute atomic E-state index is 11.0. The van der Waals surface area contributed by atoms with Gasteiger partial charge in [-0.2, -0.15) is 5.10 Å². The number of aromatic carboxylic acids is 1. The Morgan fingerprint density at radius 3 is 2.89 bits per heavy atom. The second-order valence-corrected chi connectivity index (χ2v) is 4.49. The monoisotopic (exact) mass is 310 g/mol. The minimum Gasteiger partial charge on any atom is -0.491 e. The number of hydrogen-bond donors (Lipinski definition) is 1. The second-order valence-electron chi connectivity index (χ2n) is 3.57. The van der Waals surface area contributed by atoms with Gasteiger partial charge in [-0.25, -0.2) is 4.79 Å². The maximum Gasteiger partial charge on any atom is 0.339 e. The second kappa shape index (κ2) is 5.68. The Labute approximate surface area is 112 Å². The normalized spacial score (nSPS) is 10.3. The van der Waals surface area contributed by atoms with Crippen LogP contribution in [0.25, 0.3) is 0 Å². The smallest absolute Gasteiger partial charge is 0.339 e. The third-order valence-corrected chi connectivity index (χ3v) is 2.71. The fraction of sp³-hybridized carbons (Fsp3) is 0.167. The van der Waals surface area contributed by atoms with Crippen molar-refractivity contribution in [3.63, 3.8) is 0 Å². The number of nitrogens with zero attached hydrogens (tertiary/aromatic N) is 2. The Morgan fingerprint density at radius 1 is 1.44 bits per heavy atom. The summed E-state index contributed by atoms with van der Waals surface area (Å²) in [6.07, 6.45) is 3.51. The van der Waals surface area contributed by atoms with Crippen LogP contribution in [0.2, 0.25) is 0 Å². The topological polar surface area (TPSA) is 64.3 Å². The SMILES string of the molecule is O=C(O)c1ccccc1OCCn1cc(Br)cn1. The van der Waals surface area contributed by atoms with Gasteiger partial charge in [0.2, 0.25) is 0 Å². The third kappa shape index (κ3) is 3.10. The highest BCUT2D eigenvalue weighted by Gasteiger charge is 2.09. The Balaban J connectivity index is 1.96. The predicted octanol–water partition coefficient (Wildman–Crippen LogP) is 2.42. The lowest BCUT2D eigenvalue weighted by molar-refractivity contribution is 0.0692. The van der Waals surface area contributed by atoms with E-state index in [2.05, 4.69) is 21.0 Å². The van der Waals surface area contributed by atoms with Crippen LogP contribution in [0.1, 0.15) is 10.4 Å². The molecule has 1 aromatic heterocycles. The average Bonchev–Trinajstić information content (AvgIpc) is 2.75. The van der Waals surface area contributed by atoms with E-state index >= 15 is 0 Å². The molecule has 6 heteroatoms. The lowest BCUT2D eigenvalue weighted by atomic mass is 10.2. The number of rotatable bonds is 5. The van der Waals surface area contributed by atoms with Gasteiger partial charge in [-0.3, -0.25) is 4.68 Å². The van der Waals surface area contributed by atoms with E-state index in [1.165, 1.54) is 6.07 Å². The van der Waals surface area contributed by atoms with Crippen molar-refractivity contribution < 1.29 is 14.6 Å². The number of ether oxygens (including phenoxy) is 1. The summed E-state index contributed by atoms with van der Waals surface area (Å²) in [7, 11) is 0. The van der Waals surface area contributed by atoms with Gasteiger partial charge in [0.15, 0.2) is 0 Å².